The van der Waals surface area contributed by atoms with Gasteiger partial charge < -0.3 is 86.9 Å². The van der Waals surface area contributed by atoms with Crippen LogP contribution in [0.25, 0.3) is 0 Å². The first kappa shape index (κ1) is 64.4. The monoisotopic (exact) mass is 1050 g/mol. The second-order valence-electron chi connectivity index (χ2n) is 19.5. The van der Waals surface area contributed by atoms with Gasteiger partial charge in [-0.25, -0.2) is 0 Å². The highest BCUT2D eigenvalue weighted by Crippen LogP contribution is 2.22. The Kier molecular flexibility index (Phi) is 30.9. The molecule has 2 aliphatic rings. The molecule has 26 heteroatoms. The molecular weight excluding hydrogens is 961 g/mol. The number of aliphatic carboxylic acids is 1. The molecule has 0 aliphatic carbocycles. The fourth-order valence-electron chi connectivity index (χ4n) is 8.73. The van der Waals surface area contributed by atoms with E-state index in [4.69, 9.17) is 34.4 Å². The smallest absolute Gasteiger partial charge is 0.325 e. The maximum absolute atomic E-state index is 14.4. The molecule has 0 aromatic heterocycles. The number of carbonyl (C=O) groups excluding carboxylic acids is 8. The summed E-state index contributed by atoms with van der Waals surface area (Å²) in [5.41, 5.74) is 34.2. The normalized spacial score (nSPS) is 18.1. The third kappa shape index (κ3) is 23.2. The van der Waals surface area contributed by atoms with Crippen molar-refractivity contribution in [3.05, 3.63) is 0 Å². The number of carboxylic acid groups (broad SMARTS) is 1. The number of guanidine groups is 1. The minimum Gasteiger partial charge on any atom is -0.480 e. The Bertz CT molecular complexity index is 1830. The van der Waals surface area contributed by atoms with Crippen LogP contribution in [0.5, 0.6) is 0 Å². The van der Waals surface area contributed by atoms with Crippen LogP contribution in [0, 0.1) is 5.92 Å². The maximum atomic E-state index is 14.4. The van der Waals surface area contributed by atoms with Gasteiger partial charge in [-0.2, -0.15) is 0 Å². The van der Waals surface area contributed by atoms with Gasteiger partial charge in [-0.05, 0) is 161 Å². The number of nitrogens with zero attached hydrogens (tertiary/aromatic N) is 2. The van der Waals surface area contributed by atoms with Crippen LogP contribution in [0.3, 0.4) is 0 Å². The summed E-state index contributed by atoms with van der Waals surface area (Å²) in [5, 5.41) is 31.5. The molecule has 74 heavy (non-hydrogen) atoms. The van der Waals surface area contributed by atoms with E-state index in [1.54, 1.807) is 18.7 Å². The summed E-state index contributed by atoms with van der Waals surface area (Å²) in [6.07, 6.45) is 6.93. The number of carboxylic acids is 1. The molecule has 26 nitrogen and oxygen atoms in total. The lowest BCUT2D eigenvalue weighted by Gasteiger charge is -2.29. The van der Waals surface area contributed by atoms with Crippen molar-refractivity contribution in [1.82, 2.24) is 47.4 Å². The zero-order chi connectivity index (χ0) is 55.2. The molecule has 2 aliphatic heterocycles. The van der Waals surface area contributed by atoms with E-state index in [2.05, 4.69) is 47.5 Å². The second kappa shape index (κ2) is 35.5. The Morgan fingerprint density at radius 3 is 1.35 bits per heavy atom. The standard InChI is InChI=1S/C48H90N16O10/c1-29(2)38(45(71)57-30(3)47(73)74)63-43(69)34(18-7-11-25-52)60-42(68)35(19-12-27-56-48(53)54)61-40(66)32(16-5-9-23-50)58-39(65)31(15-4-8-22-49)59-41(67)33(17-6-10-24-51)62-44(70)37-21-14-28-64(37)46(72)36-20-13-26-55-36/h29-38,55H,4-28,49-52H2,1-3H3,(H,57,71)(H,58,65)(H,59,67)(H,60,68)(H,61,66)(H,62,70)(H,63,69)(H,73,74)(H4,53,54,56)/t30-,31-,32-,33-,34-,35-,36-,37-,38-/m0/s1. The van der Waals surface area contributed by atoms with Crippen molar-refractivity contribution in [2.45, 2.75) is 191 Å². The summed E-state index contributed by atoms with van der Waals surface area (Å²) in [5.74, 6) is -6.94. The predicted octanol–water partition coefficient (Wildman–Crippen LogP) is -3.55. The van der Waals surface area contributed by atoms with Crippen molar-refractivity contribution in [1.29, 1.82) is 0 Å². The van der Waals surface area contributed by atoms with Crippen molar-refractivity contribution in [2.75, 3.05) is 45.8 Å². The van der Waals surface area contributed by atoms with E-state index in [-0.39, 0.29) is 76.1 Å². The van der Waals surface area contributed by atoms with Crippen LogP contribution in [-0.4, -0.2) is 169 Å². The topological polar surface area (TPSA) is 442 Å². The van der Waals surface area contributed by atoms with Crippen LogP contribution >= 0.6 is 0 Å². The Morgan fingerprint density at radius 2 is 0.973 bits per heavy atom. The van der Waals surface area contributed by atoms with Crippen LogP contribution < -0.4 is 76.9 Å². The number of unbranched alkanes of at least 4 members (excludes halogenated alkanes) is 4. The minimum absolute atomic E-state index is 0.0294. The summed E-state index contributed by atoms with van der Waals surface area (Å²) < 4.78 is 0. The SMILES string of the molecule is CC(C)[C@H](NC(=O)[C@H](CCCCN)NC(=O)[C@H](CCCN=C(N)N)NC(=O)[C@H](CCCCN)NC(=O)[C@H](CCCCN)NC(=O)[C@H](CCCCN)NC(=O)[C@@H]1CCCN1C(=O)[C@@H]1CCCN1)C(=O)N[C@@H](C)C(=O)O. The van der Waals surface area contributed by atoms with E-state index in [0.29, 0.717) is 96.8 Å². The van der Waals surface area contributed by atoms with E-state index in [1.807, 2.05) is 0 Å². The van der Waals surface area contributed by atoms with E-state index in [0.717, 1.165) is 6.42 Å². The number of nitrogens with two attached hydrogens (primary N) is 6. The molecule has 2 heterocycles. The predicted molar refractivity (Wildman–Crippen MR) is 279 cm³/mol. The molecule has 0 spiro atoms. The Hall–Kier alpha value is -5.70. The van der Waals surface area contributed by atoms with Gasteiger partial charge >= 0.3 is 5.97 Å². The molecule has 9 atom stereocenters. The molecule has 0 bridgehead atoms. The fourth-order valence-corrected chi connectivity index (χ4v) is 8.73. The van der Waals surface area contributed by atoms with Crippen molar-refractivity contribution >= 4 is 59.2 Å². The molecular formula is C48H90N16O10. The number of hydrogen-bond donors (Lipinski definition) is 15. The molecule has 8 amide bonds. The van der Waals surface area contributed by atoms with Crippen molar-refractivity contribution in [3.8, 4) is 0 Å². The quantitative estimate of drug-likeness (QED) is 0.0163. The molecule has 0 aromatic carbocycles. The van der Waals surface area contributed by atoms with E-state index in [1.165, 1.54) is 6.92 Å². The van der Waals surface area contributed by atoms with Gasteiger partial charge in [0.2, 0.25) is 47.3 Å². The largest absolute Gasteiger partial charge is 0.480 e. The minimum atomic E-state index is -1.31. The van der Waals surface area contributed by atoms with Gasteiger partial charge in [0.1, 0.15) is 48.3 Å². The molecule has 0 radical (unpaired) electrons. The lowest BCUT2D eigenvalue weighted by atomic mass is 10.0. The lowest BCUT2D eigenvalue weighted by molar-refractivity contribution is -0.142. The average molecular weight is 1050 g/mol. The van der Waals surface area contributed by atoms with Gasteiger partial charge in [0, 0.05) is 13.1 Å². The highest BCUT2D eigenvalue weighted by molar-refractivity contribution is 5.98. The van der Waals surface area contributed by atoms with Gasteiger partial charge in [0.15, 0.2) is 5.96 Å². The Balaban J connectivity index is 2.43. The molecule has 21 N–H and O–H groups in total. The first-order chi connectivity index (χ1) is 35.3. The van der Waals surface area contributed by atoms with Crippen LogP contribution in [0.15, 0.2) is 4.99 Å². The summed E-state index contributed by atoms with van der Waals surface area (Å²) in [7, 11) is 0. The Morgan fingerprint density at radius 1 is 0.554 bits per heavy atom. The van der Waals surface area contributed by atoms with Gasteiger partial charge in [0.05, 0.1) is 6.04 Å². The van der Waals surface area contributed by atoms with Gasteiger partial charge in [-0.3, -0.25) is 48.1 Å². The zero-order valence-electron chi connectivity index (χ0n) is 43.9. The second-order valence-corrected chi connectivity index (χ2v) is 19.5. The van der Waals surface area contributed by atoms with Crippen molar-refractivity contribution < 1.29 is 48.3 Å². The van der Waals surface area contributed by atoms with Crippen LogP contribution in [0.1, 0.15) is 136 Å². The number of nitrogens with one attached hydrogen (secondary N) is 8. The number of likely N-dealkylation sites (tertiary alicyclic amines) is 1. The van der Waals surface area contributed by atoms with Crippen molar-refractivity contribution in [3.63, 3.8) is 0 Å². The van der Waals surface area contributed by atoms with Gasteiger partial charge in [0.25, 0.3) is 0 Å². The van der Waals surface area contributed by atoms with Gasteiger partial charge in [-0.15, -0.1) is 0 Å². The van der Waals surface area contributed by atoms with Gasteiger partial charge in [-0.1, -0.05) is 13.8 Å². The molecule has 0 saturated carbocycles. The maximum Gasteiger partial charge on any atom is 0.325 e. The fraction of sp³-hybridized carbons (Fsp3) is 0.792. The lowest BCUT2D eigenvalue weighted by Crippen LogP contribution is -2.60. The first-order valence-corrected chi connectivity index (χ1v) is 26.5. The number of hydrogen-bond acceptors (Lipinski definition) is 15. The third-order valence-corrected chi connectivity index (χ3v) is 13.1. The zero-order valence-corrected chi connectivity index (χ0v) is 43.9. The Labute approximate surface area is 435 Å². The third-order valence-electron chi connectivity index (χ3n) is 13.1. The molecule has 2 fully saturated rings. The molecule has 2 rings (SSSR count). The molecule has 2 saturated heterocycles. The summed E-state index contributed by atoms with van der Waals surface area (Å²) in [4.78, 5) is 128. The summed E-state index contributed by atoms with van der Waals surface area (Å²) >= 11 is 0. The van der Waals surface area contributed by atoms with E-state index >= 15 is 0 Å². The van der Waals surface area contributed by atoms with Crippen molar-refractivity contribution in [2.24, 2.45) is 45.3 Å². The highest BCUT2D eigenvalue weighted by atomic mass is 16.4. The number of carbonyl (C=O) groups is 9. The highest BCUT2D eigenvalue weighted by Gasteiger charge is 2.40. The van der Waals surface area contributed by atoms with Crippen LogP contribution in [0.2, 0.25) is 0 Å². The van der Waals surface area contributed by atoms with E-state index < -0.39 is 102 Å². The molecule has 0 unspecified atom stereocenters. The first-order valence-electron chi connectivity index (χ1n) is 26.5. The molecule has 422 valence electrons. The number of amides is 8. The van der Waals surface area contributed by atoms with Crippen LogP contribution in [0.4, 0.5) is 0 Å². The summed E-state index contributed by atoms with van der Waals surface area (Å²) in [6, 6.07) is -9.63. The molecule has 0 aromatic rings. The summed E-state index contributed by atoms with van der Waals surface area (Å²) in [6.45, 7) is 7.02. The van der Waals surface area contributed by atoms with E-state index in [9.17, 15) is 48.3 Å². The average Bonchev–Trinajstić information content (AvgIpc) is 4.09. The number of aliphatic imine (C=N–C) groups is 1. The van der Waals surface area contributed by atoms with Crippen LogP contribution in [-0.2, 0) is 43.2 Å². The number of rotatable bonds is 37.